The summed E-state index contributed by atoms with van der Waals surface area (Å²) < 4.78 is 47.7. The molecule has 5 rings (SSSR count). The van der Waals surface area contributed by atoms with Crippen LogP contribution in [0, 0.1) is 11.8 Å². The van der Waals surface area contributed by atoms with Gasteiger partial charge in [-0.2, -0.15) is 13.2 Å². The van der Waals surface area contributed by atoms with E-state index in [0.717, 1.165) is 50.1 Å². The Bertz CT molecular complexity index is 732. The number of carbonyl (C=O) groups is 1. The first-order valence-corrected chi connectivity index (χ1v) is 13.3. The van der Waals surface area contributed by atoms with Crippen molar-refractivity contribution in [2.45, 2.75) is 93.4 Å². The van der Waals surface area contributed by atoms with Crippen molar-refractivity contribution >= 4 is 17.5 Å². The Labute approximate surface area is 204 Å². The van der Waals surface area contributed by atoms with Crippen molar-refractivity contribution < 1.29 is 22.7 Å². The Hall–Kier alpha value is -0.650. The molecule has 5 unspecified atom stereocenters. The number of hydrazine groups is 1. The molecule has 11 heteroatoms. The van der Waals surface area contributed by atoms with Gasteiger partial charge in [-0.3, -0.25) is 15.0 Å². The average molecular weight is 508 g/mol. The molecule has 6 atom stereocenters. The second-order valence-corrected chi connectivity index (χ2v) is 11.3. The van der Waals surface area contributed by atoms with Crippen molar-refractivity contribution in [1.29, 1.82) is 0 Å². The first kappa shape index (κ1) is 25.0. The third-order valence-corrected chi connectivity index (χ3v) is 9.07. The Kier molecular flexibility index (Phi) is 7.37. The topological polar surface area (TPSA) is 60.1 Å². The maximum Gasteiger partial charge on any atom is 0.409 e. The molecule has 0 spiro atoms. The summed E-state index contributed by atoms with van der Waals surface area (Å²) in [4.78, 5) is 16.3. The molecule has 1 saturated carbocycles. The number of piperidine rings is 1. The van der Waals surface area contributed by atoms with E-state index in [2.05, 4.69) is 20.7 Å². The van der Waals surface area contributed by atoms with Crippen molar-refractivity contribution in [2.24, 2.45) is 11.8 Å². The number of nitrogens with zero attached hydrogens (tertiary/aromatic N) is 3. The van der Waals surface area contributed by atoms with Gasteiger partial charge in [0.15, 0.2) is 0 Å². The molecule has 5 aliphatic rings. The van der Waals surface area contributed by atoms with Gasteiger partial charge in [0.05, 0.1) is 24.2 Å². The maximum absolute atomic E-state index is 14.2. The zero-order chi connectivity index (χ0) is 24.0. The first-order chi connectivity index (χ1) is 16.2. The van der Waals surface area contributed by atoms with Gasteiger partial charge in [-0.25, -0.2) is 10.4 Å². The quantitative estimate of drug-likeness (QED) is 0.450. The largest absolute Gasteiger partial charge is 0.409 e. The molecule has 7 nitrogen and oxygen atoms in total. The summed E-state index contributed by atoms with van der Waals surface area (Å²) in [6.45, 7) is 2.55. The maximum atomic E-state index is 14.2. The number of carbonyl (C=O) groups excluding carboxylic acids is 1. The predicted octanol–water partition coefficient (Wildman–Crippen LogP) is 2.51. The number of alkyl halides is 4. The molecule has 0 aromatic carbocycles. The number of amides is 1. The first-order valence-electron chi connectivity index (χ1n) is 12.8. The minimum Gasteiger partial charge on any atom is -0.381 e. The van der Waals surface area contributed by atoms with Crippen LogP contribution in [0.25, 0.3) is 0 Å². The van der Waals surface area contributed by atoms with Gasteiger partial charge in [-0.1, -0.05) is 0 Å². The monoisotopic (exact) mass is 507 g/mol. The molecule has 0 aromatic heterocycles. The molecule has 1 amide bonds. The van der Waals surface area contributed by atoms with E-state index in [4.69, 9.17) is 16.3 Å². The molecule has 4 saturated heterocycles. The molecule has 34 heavy (non-hydrogen) atoms. The van der Waals surface area contributed by atoms with E-state index in [9.17, 15) is 18.0 Å². The number of fused-ring (bicyclic) bond motifs is 3. The third-order valence-electron chi connectivity index (χ3n) is 8.80. The van der Waals surface area contributed by atoms with Crippen LogP contribution in [0.4, 0.5) is 13.2 Å². The molecule has 4 heterocycles. The van der Waals surface area contributed by atoms with Crippen molar-refractivity contribution in [3.05, 3.63) is 0 Å². The lowest BCUT2D eigenvalue weighted by Crippen LogP contribution is -2.70. The normalized spacial score (nSPS) is 40.6. The lowest BCUT2D eigenvalue weighted by Gasteiger charge is -2.53. The minimum absolute atomic E-state index is 0.0585. The fourth-order valence-electron chi connectivity index (χ4n) is 7.18. The lowest BCUT2D eigenvalue weighted by molar-refractivity contribution is -0.203. The summed E-state index contributed by atoms with van der Waals surface area (Å²) in [6, 6.07) is -0.718. The number of nitrogens with one attached hydrogen (secondary N) is 2. The Morgan fingerprint density at radius 2 is 1.91 bits per heavy atom. The average Bonchev–Trinajstić information content (AvgIpc) is 3.47. The second kappa shape index (κ2) is 10.0. The van der Waals surface area contributed by atoms with E-state index in [-0.39, 0.29) is 24.3 Å². The van der Waals surface area contributed by atoms with Gasteiger partial charge in [0, 0.05) is 44.7 Å². The van der Waals surface area contributed by atoms with Crippen LogP contribution < -0.4 is 10.7 Å². The second-order valence-electron chi connectivity index (χ2n) is 10.7. The van der Waals surface area contributed by atoms with Crippen LogP contribution in [-0.4, -0.2) is 96.1 Å². The van der Waals surface area contributed by atoms with Crippen molar-refractivity contribution in [3.8, 4) is 0 Å². The van der Waals surface area contributed by atoms with Gasteiger partial charge >= 0.3 is 6.18 Å². The Morgan fingerprint density at radius 1 is 1.15 bits per heavy atom. The lowest BCUT2D eigenvalue weighted by atomic mass is 9.78. The summed E-state index contributed by atoms with van der Waals surface area (Å²) in [5, 5.41) is 5.90. The molecular weight excluding hydrogens is 471 g/mol. The number of hydrogen-bond donors (Lipinski definition) is 2. The number of halogens is 4. The Morgan fingerprint density at radius 3 is 2.59 bits per heavy atom. The SMILES string of the molecule is CN(C(=O)C1CCOC1)[C@@H](C1CCC(N2CCCC3C2CNC2CC(Cl)NN23)CC1)C(F)(F)F. The highest BCUT2D eigenvalue weighted by Gasteiger charge is 2.52. The molecule has 1 aliphatic carbocycles. The summed E-state index contributed by atoms with van der Waals surface area (Å²) in [7, 11) is 1.33. The molecule has 2 N–H and O–H groups in total. The van der Waals surface area contributed by atoms with E-state index in [1.165, 1.54) is 7.05 Å². The van der Waals surface area contributed by atoms with Crippen LogP contribution in [-0.2, 0) is 9.53 Å². The highest BCUT2D eigenvalue weighted by molar-refractivity contribution is 6.20. The fourth-order valence-corrected chi connectivity index (χ4v) is 7.46. The number of hydrogen-bond acceptors (Lipinski definition) is 6. The highest BCUT2D eigenvalue weighted by Crippen LogP contribution is 2.41. The molecule has 0 aromatic rings. The summed E-state index contributed by atoms with van der Waals surface area (Å²) >= 11 is 6.34. The zero-order valence-electron chi connectivity index (χ0n) is 19.8. The summed E-state index contributed by atoms with van der Waals surface area (Å²) in [5.74, 6) is -1.44. The van der Waals surface area contributed by atoms with Crippen molar-refractivity contribution in [1.82, 2.24) is 25.6 Å². The van der Waals surface area contributed by atoms with Gasteiger partial charge < -0.3 is 9.64 Å². The van der Waals surface area contributed by atoms with Crippen LogP contribution in [0.15, 0.2) is 0 Å². The van der Waals surface area contributed by atoms with E-state index in [1.807, 2.05) is 0 Å². The summed E-state index contributed by atoms with van der Waals surface area (Å²) in [6.07, 6.45) is 1.85. The van der Waals surface area contributed by atoms with Gasteiger partial charge in [-0.15, -0.1) is 11.6 Å². The van der Waals surface area contributed by atoms with Gasteiger partial charge in [0.2, 0.25) is 5.91 Å². The molecule has 5 fully saturated rings. The van der Waals surface area contributed by atoms with E-state index >= 15 is 0 Å². The van der Waals surface area contributed by atoms with Crippen LogP contribution >= 0.6 is 11.6 Å². The number of rotatable bonds is 4. The van der Waals surface area contributed by atoms with E-state index in [0.29, 0.717) is 38.0 Å². The third kappa shape index (κ3) is 4.83. The van der Waals surface area contributed by atoms with Crippen LogP contribution in [0.3, 0.4) is 0 Å². The van der Waals surface area contributed by atoms with Crippen LogP contribution in [0.1, 0.15) is 51.4 Å². The zero-order valence-corrected chi connectivity index (χ0v) is 20.5. The number of ether oxygens (including phenoxy) is 1. The van der Waals surface area contributed by atoms with Gasteiger partial charge in [0.25, 0.3) is 0 Å². The molecule has 0 radical (unpaired) electrons. The Balaban J connectivity index is 1.23. The van der Waals surface area contributed by atoms with Gasteiger partial charge in [-0.05, 0) is 57.4 Å². The highest BCUT2D eigenvalue weighted by atomic mass is 35.5. The molecule has 0 bridgehead atoms. The van der Waals surface area contributed by atoms with Crippen molar-refractivity contribution in [2.75, 3.05) is 33.4 Å². The predicted molar refractivity (Wildman–Crippen MR) is 122 cm³/mol. The van der Waals surface area contributed by atoms with Crippen LogP contribution in [0.2, 0.25) is 0 Å². The fraction of sp³-hybridized carbons (Fsp3) is 0.957. The van der Waals surface area contributed by atoms with Crippen molar-refractivity contribution in [3.63, 3.8) is 0 Å². The van der Waals surface area contributed by atoms with E-state index < -0.39 is 30.0 Å². The van der Waals surface area contributed by atoms with Gasteiger partial charge in [0.1, 0.15) is 6.04 Å². The minimum atomic E-state index is -4.43. The molecular formula is C23H37ClF3N5O2. The van der Waals surface area contributed by atoms with E-state index in [1.54, 1.807) is 0 Å². The standard InChI is InChI=1S/C23H37ClF3N5O2/c1-30(22(33)15-8-10-34-13-15)21(23(25,26)27)14-4-6-16(7-5-14)31-9-2-3-17-18(31)12-28-20-11-19(24)29-32(17)20/h14-21,28-29H,2-13H2,1H3/t14?,15?,16?,17?,18?,19?,20?,21-/m0/s1. The molecule has 194 valence electrons. The molecule has 4 aliphatic heterocycles. The summed E-state index contributed by atoms with van der Waals surface area (Å²) in [5.41, 5.74) is 3.34. The number of likely N-dealkylation sites (tertiary alicyclic amines) is 1. The van der Waals surface area contributed by atoms with Crippen LogP contribution in [0.5, 0.6) is 0 Å². The smallest absolute Gasteiger partial charge is 0.381 e.